The lowest BCUT2D eigenvalue weighted by molar-refractivity contribution is -0.288. The summed E-state index contributed by atoms with van der Waals surface area (Å²) in [7, 11) is 0. The highest BCUT2D eigenvalue weighted by atomic mass is 16.7. The maximum Gasteiger partial charge on any atom is 0.383 e. The van der Waals surface area contributed by atoms with Crippen molar-refractivity contribution >= 4 is 40.8 Å². The molecular formula is C35H42O15. The number of fused-ring (bicyclic) bond motifs is 1. The molecule has 50 heavy (non-hydrogen) atoms. The zero-order chi connectivity index (χ0) is 37.1. The number of allylic oxidation sites excluding steroid dienone is 3. The Bertz CT molecular complexity index is 1700. The molecule has 0 amide bonds. The Morgan fingerprint density at radius 2 is 1.40 bits per heavy atom. The Labute approximate surface area is 288 Å². The summed E-state index contributed by atoms with van der Waals surface area (Å²) >= 11 is 0. The molecule has 1 aromatic heterocycles. The number of hydrogen-bond donors (Lipinski definition) is 0. The number of rotatable bonds is 14. The molecule has 1 aliphatic heterocycles. The van der Waals surface area contributed by atoms with Gasteiger partial charge in [-0.15, -0.1) is 0 Å². The van der Waals surface area contributed by atoms with Gasteiger partial charge in [0.15, 0.2) is 18.0 Å². The van der Waals surface area contributed by atoms with Crippen LogP contribution < -0.4 is 19.8 Å². The highest BCUT2D eigenvalue weighted by Crippen LogP contribution is 2.36. The SMILES string of the molecule is CC(=O)OC[C@H]1O[C@@H](Oc2ccc3c(OC/C=C(\C)CCC=C(C)C)c(OC(C)=O)c(=O)oc3c2)[C@H](OC(C)=O)[C@@H](OC(C)=O)[C@@H]1OC(C)=O. The van der Waals surface area contributed by atoms with Gasteiger partial charge >= 0.3 is 35.5 Å². The molecule has 0 saturated carbocycles. The standard InChI is InChI=1S/C35H42O15/c1-18(2)10-9-11-19(3)14-15-42-29-26-13-12-25(16-27(26)49-34(41)32(29)46-23(7)39)48-35-33(47-24(8)40)31(45-22(6)38)30(44-21(5)37)28(50-35)17-43-20(4)36/h10,12-14,16,28,30-31,33,35H,9,11,15,17H2,1-8H3/b19-14+/t28-,30-,31+,33-,35-/m1/s1. The molecule has 5 atom stereocenters. The lowest BCUT2D eigenvalue weighted by Gasteiger charge is -2.43. The predicted octanol–water partition coefficient (Wildman–Crippen LogP) is 4.25. The lowest BCUT2D eigenvalue weighted by atomic mass is 9.98. The highest BCUT2D eigenvalue weighted by molar-refractivity contribution is 5.87. The first-order chi connectivity index (χ1) is 23.5. The van der Waals surface area contributed by atoms with Gasteiger partial charge in [0.25, 0.3) is 5.75 Å². The zero-order valence-corrected chi connectivity index (χ0v) is 29.2. The molecule has 0 radical (unpaired) electrons. The van der Waals surface area contributed by atoms with Crippen LogP contribution in [-0.4, -0.2) is 73.8 Å². The van der Waals surface area contributed by atoms with Crippen LogP contribution in [0.15, 0.2) is 50.7 Å². The van der Waals surface area contributed by atoms with Crippen molar-refractivity contribution in [3.8, 4) is 17.2 Å². The Morgan fingerprint density at radius 3 is 2.00 bits per heavy atom. The molecule has 1 fully saturated rings. The molecule has 0 N–H and O–H groups in total. The summed E-state index contributed by atoms with van der Waals surface area (Å²) in [4.78, 5) is 72.8. The third kappa shape index (κ3) is 11.5. The highest BCUT2D eigenvalue weighted by Gasteiger charge is 2.53. The Kier molecular flexibility index (Phi) is 14.1. The Balaban J connectivity index is 2.03. The van der Waals surface area contributed by atoms with Gasteiger partial charge in [0.05, 0.1) is 5.39 Å². The van der Waals surface area contributed by atoms with E-state index in [9.17, 15) is 28.8 Å². The van der Waals surface area contributed by atoms with E-state index in [0.29, 0.717) is 0 Å². The third-order valence-electron chi connectivity index (χ3n) is 6.99. The lowest BCUT2D eigenvalue weighted by Crippen LogP contribution is -2.63. The third-order valence-corrected chi connectivity index (χ3v) is 6.99. The average Bonchev–Trinajstić information content (AvgIpc) is 2.99. The van der Waals surface area contributed by atoms with E-state index in [1.165, 1.54) is 23.8 Å². The number of benzene rings is 1. The van der Waals surface area contributed by atoms with E-state index < -0.39 is 78.5 Å². The summed E-state index contributed by atoms with van der Waals surface area (Å²) in [5.41, 5.74) is 1.22. The summed E-state index contributed by atoms with van der Waals surface area (Å²) in [5, 5.41) is 0.255. The minimum absolute atomic E-state index is 0.0164. The summed E-state index contributed by atoms with van der Waals surface area (Å²) in [6.45, 7) is 11.2. The molecule has 272 valence electrons. The van der Waals surface area contributed by atoms with E-state index in [-0.39, 0.29) is 29.1 Å². The molecule has 0 aliphatic carbocycles. The van der Waals surface area contributed by atoms with E-state index in [1.54, 1.807) is 0 Å². The molecule has 0 unspecified atom stereocenters. The summed E-state index contributed by atoms with van der Waals surface area (Å²) in [6.07, 6.45) is -1.49. The fraction of sp³-hybridized carbons (Fsp3) is 0.486. The average molecular weight is 703 g/mol. The van der Waals surface area contributed by atoms with Crippen molar-refractivity contribution in [2.75, 3.05) is 13.2 Å². The van der Waals surface area contributed by atoms with Crippen LogP contribution in [0.4, 0.5) is 0 Å². The maximum absolute atomic E-state index is 13.0. The second-order valence-electron chi connectivity index (χ2n) is 11.7. The monoisotopic (exact) mass is 702 g/mol. The van der Waals surface area contributed by atoms with Crippen LogP contribution in [0.1, 0.15) is 68.2 Å². The van der Waals surface area contributed by atoms with E-state index in [2.05, 4.69) is 6.08 Å². The molecule has 1 aromatic carbocycles. The molecule has 1 saturated heterocycles. The topological polar surface area (TPSA) is 189 Å². The first-order valence-electron chi connectivity index (χ1n) is 15.7. The van der Waals surface area contributed by atoms with E-state index in [1.807, 2.05) is 26.8 Å². The van der Waals surface area contributed by atoms with Gasteiger partial charge in [0, 0.05) is 40.7 Å². The zero-order valence-electron chi connectivity index (χ0n) is 29.2. The number of esters is 5. The molecule has 0 bridgehead atoms. The summed E-state index contributed by atoms with van der Waals surface area (Å²) in [6, 6.07) is 4.24. The second-order valence-corrected chi connectivity index (χ2v) is 11.7. The van der Waals surface area contributed by atoms with Crippen molar-refractivity contribution in [2.24, 2.45) is 0 Å². The van der Waals surface area contributed by atoms with E-state index >= 15 is 0 Å². The molecular weight excluding hydrogens is 660 g/mol. The van der Waals surface area contributed by atoms with Crippen molar-refractivity contribution < 1.29 is 66.3 Å². The van der Waals surface area contributed by atoms with Gasteiger partial charge in [-0.3, -0.25) is 24.0 Å². The predicted molar refractivity (Wildman–Crippen MR) is 174 cm³/mol. The van der Waals surface area contributed by atoms with Gasteiger partial charge in [-0.25, -0.2) is 4.79 Å². The van der Waals surface area contributed by atoms with Crippen LogP contribution in [0.25, 0.3) is 11.0 Å². The van der Waals surface area contributed by atoms with Crippen molar-refractivity contribution in [1.82, 2.24) is 0 Å². The molecule has 15 heteroatoms. The van der Waals surface area contributed by atoms with Crippen LogP contribution >= 0.6 is 0 Å². The van der Waals surface area contributed by atoms with E-state index in [4.69, 9.17) is 42.3 Å². The van der Waals surface area contributed by atoms with E-state index in [0.717, 1.165) is 53.0 Å². The minimum Gasteiger partial charge on any atom is -0.485 e. The number of carbonyl (C=O) groups excluding carboxylic acids is 5. The van der Waals surface area contributed by atoms with Gasteiger partial charge < -0.3 is 42.3 Å². The Hall–Kier alpha value is -5.18. The number of ether oxygens (including phenoxy) is 8. The molecule has 3 rings (SSSR count). The smallest absolute Gasteiger partial charge is 0.383 e. The van der Waals surface area contributed by atoms with Crippen LogP contribution in [0.5, 0.6) is 17.2 Å². The van der Waals surface area contributed by atoms with Gasteiger partial charge in [-0.1, -0.05) is 17.2 Å². The van der Waals surface area contributed by atoms with Crippen LogP contribution in [0.2, 0.25) is 0 Å². The quantitative estimate of drug-likeness (QED) is 0.117. The summed E-state index contributed by atoms with van der Waals surface area (Å²) < 4.78 is 49.9. The number of hydrogen-bond acceptors (Lipinski definition) is 15. The van der Waals surface area contributed by atoms with Crippen molar-refractivity contribution in [3.63, 3.8) is 0 Å². The van der Waals surface area contributed by atoms with Crippen LogP contribution in [-0.2, 0) is 47.7 Å². The molecule has 2 heterocycles. The van der Waals surface area contributed by atoms with Crippen molar-refractivity contribution in [3.05, 3.63) is 51.9 Å². The second kappa shape index (κ2) is 18.0. The minimum atomic E-state index is -1.53. The Morgan fingerprint density at radius 1 is 0.760 bits per heavy atom. The summed E-state index contributed by atoms with van der Waals surface area (Å²) in [5.74, 6) is -4.31. The van der Waals surface area contributed by atoms with Gasteiger partial charge in [-0.05, 0) is 51.8 Å². The number of carbonyl (C=O) groups is 5. The van der Waals surface area contributed by atoms with Gasteiger partial charge in [0.1, 0.15) is 30.7 Å². The van der Waals surface area contributed by atoms with Gasteiger partial charge in [0.2, 0.25) is 12.4 Å². The van der Waals surface area contributed by atoms with Crippen LogP contribution in [0.3, 0.4) is 0 Å². The van der Waals surface area contributed by atoms with Crippen molar-refractivity contribution in [2.45, 2.75) is 98.9 Å². The fourth-order valence-corrected chi connectivity index (χ4v) is 4.96. The molecule has 15 nitrogen and oxygen atoms in total. The largest absolute Gasteiger partial charge is 0.485 e. The molecule has 2 aromatic rings. The van der Waals surface area contributed by atoms with Crippen LogP contribution in [0, 0.1) is 0 Å². The first-order valence-corrected chi connectivity index (χ1v) is 15.7. The van der Waals surface area contributed by atoms with Crippen molar-refractivity contribution in [1.29, 1.82) is 0 Å². The maximum atomic E-state index is 13.0. The molecule has 0 spiro atoms. The first kappa shape index (κ1) is 39.3. The fourth-order valence-electron chi connectivity index (χ4n) is 4.96. The van der Waals surface area contributed by atoms with Gasteiger partial charge in [-0.2, -0.15) is 0 Å². The normalized spacial score (nSPS) is 20.2. The molecule has 1 aliphatic rings.